The highest BCUT2D eigenvalue weighted by Gasteiger charge is 2.13. The van der Waals surface area contributed by atoms with Crippen LogP contribution in [0.1, 0.15) is 41.6 Å². The van der Waals surface area contributed by atoms with E-state index in [9.17, 15) is 0 Å². The van der Waals surface area contributed by atoms with Crippen LogP contribution in [0, 0.1) is 6.92 Å². The Bertz CT molecular complexity index is 831. The fourth-order valence-electron chi connectivity index (χ4n) is 3.41. The van der Waals surface area contributed by atoms with Crippen molar-refractivity contribution in [2.24, 2.45) is 4.99 Å². The summed E-state index contributed by atoms with van der Waals surface area (Å²) in [5.74, 6) is 1.11. The molecular weight excluding hydrogens is 358 g/mol. The average molecular weight is 390 g/mol. The maximum absolute atomic E-state index is 4.89. The Morgan fingerprint density at radius 3 is 2.21 bits per heavy atom. The van der Waals surface area contributed by atoms with E-state index in [1.165, 1.54) is 16.7 Å². The maximum Gasteiger partial charge on any atom is 0.191 e. The Morgan fingerprint density at radius 1 is 1.00 bits per heavy atom. The standard InChI is InChI=1S/C24H31N5/c1-3-25-24(26-16-10-15-22-17-28-29-19(22)2)27-18-23(20-11-6-4-7-12-20)21-13-8-5-9-14-21/h4-9,11-14,17,23H,3,10,15-16,18H2,1-2H3,(H,28,29)(H2,25,26,27). The molecule has 0 aliphatic carbocycles. The molecule has 2 aromatic carbocycles. The number of aliphatic imine (C=N–C) groups is 1. The van der Waals surface area contributed by atoms with Gasteiger partial charge in [0, 0.05) is 24.7 Å². The quantitative estimate of drug-likeness (QED) is 0.294. The molecule has 0 aliphatic heterocycles. The highest BCUT2D eigenvalue weighted by molar-refractivity contribution is 5.79. The van der Waals surface area contributed by atoms with Crippen LogP contribution >= 0.6 is 0 Å². The van der Waals surface area contributed by atoms with Gasteiger partial charge in [-0.1, -0.05) is 60.7 Å². The fourth-order valence-corrected chi connectivity index (χ4v) is 3.41. The number of hydrogen-bond acceptors (Lipinski definition) is 2. The van der Waals surface area contributed by atoms with Crippen molar-refractivity contribution in [3.8, 4) is 0 Å². The van der Waals surface area contributed by atoms with Gasteiger partial charge in [-0.05, 0) is 43.4 Å². The van der Waals surface area contributed by atoms with Crippen LogP contribution in [-0.4, -0.2) is 35.8 Å². The Labute approximate surface area is 173 Å². The molecule has 0 unspecified atom stereocenters. The molecule has 1 heterocycles. The number of hydrogen-bond donors (Lipinski definition) is 3. The van der Waals surface area contributed by atoms with E-state index in [-0.39, 0.29) is 5.92 Å². The van der Waals surface area contributed by atoms with Gasteiger partial charge in [-0.2, -0.15) is 5.10 Å². The lowest BCUT2D eigenvalue weighted by Gasteiger charge is -2.18. The molecule has 29 heavy (non-hydrogen) atoms. The van der Waals surface area contributed by atoms with Crippen LogP contribution < -0.4 is 10.6 Å². The van der Waals surface area contributed by atoms with Gasteiger partial charge in [0.15, 0.2) is 5.96 Å². The Balaban J connectivity index is 1.63. The van der Waals surface area contributed by atoms with Gasteiger partial charge in [-0.3, -0.25) is 10.1 Å². The van der Waals surface area contributed by atoms with Gasteiger partial charge in [0.05, 0.1) is 12.7 Å². The van der Waals surface area contributed by atoms with Crippen molar-refractivity contribution >= 4 is 5.96 Å². The first-order valence-electron chi connectivity index (χ1n) is 10.4. The van der Waals surface area contributed by atoms with Crippen molar-refractivity contribution < 1.29 is 0 Å². The van der Waals surface area contributed by atoms with E-state index in [1.807, 2.05) is 6.20 Å². The highest BCUT2D eigenvalue weighted by Crippen LogP contribution is 2.24. The van der Waals surface area contributed by atoms with Gasteiger partial charge in [0.25, 0.3) is 0 Å². The zero-order chi connectivity index (χ0) is 20.3. The fraction of sp³-hybridized carbons (Fsp3) is 0.333. The zero-order valence-electron chi connectivity index (χ0n) is 17.4. The summed E-state index contributed by atoms with van der Waals surface area (Å²) in [5, 5.41) is 13.9. The largest absolute Gasteiger partial charge is 0.357 e. The molecule has 0 spiro atoms. The molecule has 0 radical (unpaired) electrons. The van der Waals surface area contributed by atoms with Crippen molar-refractivity contribution in [2.45, 2.75) is 32.6 Å². The van der Waals surface area contributed by atoms with Gasteiger partial charge >= 0.3 is 0 Å². The second-order valence-electron chi connectivity index (χ2n) is 7.14. The molecular formula is C24H31N5. The monoisotopic (exact) mass is 389 g/mol. The van der Waals surface area contributed by atoms with Crippen LogP contribution in [0.2, 0.25) is 0 Å². The second-order valence-corrected chi connectivity index (χ2v) is 7.14. The number of aromatic amines is 1. The zero-order valence-corrected chi connectivity index (χ0v) is 17.4. The summed E-state index contributed by atoms with van der Waals surface area (Å²) in [7, 11) is 0. The normalized spacial score (nSPS) is 11.6. The number of rotatable bonds is 9. The smallest absolute Gasteiger partial charge is 0.191 e. The number of aromatic nitrogens is 2. The van der Waals surface area contributed by atoms with Gasteiger partial charge in [-0.15, -0.1) is 0 Å². The third kappa shape index (κ3) is 6.21. The van der Waals surface area contributed by atoms with Crippen molar-refractivity contribution in [2.75, 3.05) is 19.6 Å². The van der Waals surface area contributed by atoms with E-state index in [0.29, 0.717) is 6.54 Å². The molecule has 0 bridgehead atoms. The maximum atomic E-state index is 4.89. The molecule has 0 atom stereocenters. The van der Waals surface area contributed by atoms with E-state index >= 15 is 0 Å². The number of nitrogens with one attached hydrogen (secondary N) is 3. The minimum Gasteiger partial charge on any atom is -0.357 e. The minimum absolute atomic E-state index is 0.237. The van der Waals surface area contributed by atoms with E-state index in [1.54, 1.807) is 0 Å². The van der Waals surface area contributed by atoms with E-state index in [0.717, 1.165) is 37.6 Å². The molecule has 0 saturated heterocycles. The highest BCUT2D eigenvalue weighted by atomic mass is 15.2. The van der Waals surface area contributed by atoms with Crippen LogP contribution in [-0.2, 0) is 6.42 Å². The molecule has 152 valence electrons. The van der Waals surface area contributed by atoms with Crippen LogP contribution in [0.3, 0.4) is 0 Å². The summed E-state index contributed by atoms with van der Waals surface area (Å²) < 4.78 is 0. The van der Waals surface area contributed by atoms with E-state index in [2.05, 4.69) is 95.3 Å². The average Bonchev–Trinajstić information content (AvgIpc) is 3.17. The predicted octanol–water partition coefficient (Wildman–Crippen LogP) is 4.04. The Kier molecular flexibility index (Phi) is 7.87. The lowest BCUT2D eigenvalue weighted by molar-refractivity contribution is 0.733. The minimum atomic E-state index is 0.237. The summed E-state index contributed by atoms with van der Waals surface area (Å²) in [6.07, 6.45) is 3.95. The number of aryl methyl sites for hydroxylation is 2. The molecule has 0 amide bonds. The predicted molar refractivity (Wildman–Crippen MR) is 120 cm³/mol. The van der Waals surface area contributed by atoms with E-state index < -0.39 is 0 Å². The van der Waals surface area contributed by atoms with Crippen molar-refractivity contribution in [1.29, 1.82) is 0 Å². The molecule has 0 fully saturated rings. The summed E-state index contributed by atoms with van der Waals surface area (Å²) in [6, 6.07) is 21.2. The van der Waals surface area contributed by atoms with Crippen molar-refractivity contribution in [3.63, 3.8) is 0 Å². The van der Waals surface area contributed by atoms with Crippen LogP contribution in [0.15, 0.2) is 71.9 Å². The first-order valence-corrected chi connectivity index (χ1v) is 10.4. The lowest BCUT2D eigenvalue weighted by atomic mass is 9.91. The molecule has 0 aliphatic rings. The molecule has 3 aromatic rings. The first-order chi connectivity index (χ1) is 14.3. The lowest BCUT2D eigenvalue weighted by Crippen LogP contribution is -2.38. The second kappa shape index (κ2) is 11.1. The SMILES string of the molecule is CCNC(=NCC(c1ccccc1)c1ccccc1)NCCCc1cn[nH]c1C. The first kappa shape index (κ1) is 20.6. The number of benzene rings is 2. The molecule has 0 saturated carbocycles. The summed E-state index contributed by atoms with van der Waals surface area (Å²) >= 11 is 0. The molecule has 3 rings (SSSR count). The summed E-state index contributed by atoms with van der Waals surface area (Å²) in [4.78, 5) is 4.89. The van der Waals surface area contributed by atoms with E-state index in [4.69, 9.17) is 4.99 Å². The Hall–Kier alpha value is -3.08. The number of H-pyrrole nitrogens is 1. The Morgan fingerprint density at radius 2 is 1.66 bits per heavy atom. The third-order valence-electron chi connectivity index (χ3n) is 5.03. The molecule has 5 heteroatoms. The number of guanidine groups is 1. The van der Waals surface area contributed by atoms with Crippen LogP contribution in [0.4, 0.5) is 0 Å². The van der Waals surface area contributed by atoms with Gasteiger partial charge in [0.1, 0.15) is 0 Å². The van der Waals surface area contributed by atoms with Gasteiger partial charge in [0.2, 0.25) is 0 Å². The summed E-state index contributed by atoms with van der Waals surface area (Å²) in [6.45, 7) is 6.57. The van der Waals surface area contributed by atoms with Crippen molar-refractivity contribution in [1.82, 2.24) is 20.8 Å². The topological polar surface area (TPSA) is 65.1 Å². The van der Waals surface area contributed by atoms with Crippen molar-refractivity contribution in [3.05, 3.63) is 89.2 Å². The molecule has 5 nitrogen and oxygen atoms in total. The third-order valence-corrected chi connectivity index (χ3v) is 5.03. The number of nitrogens with zero attached hydrogens (tertiary/aromatic N) is 2. The summed E-state index contributed by atoms with van der Waals surface area (Å²) in [5.41, 5.74) is 5.00. The molecule has 3 N–H and O–H groups in total. The van der Waals surface area contributed by atoms with Gasteiger partial charge < -0.3 is 10.6 Å². The van der Waals surface area contributed by atoms with Crippen LogP contribution in [0.5, 0.6) is 0 Å². The molecule has 1 aromatic heterocycles. The van der Waals surface area contributed by atoms with Gasteiger partial charge in [-0.25, -0.2) is 0 Å². The van der Waals surface area contributed by atoms with Crippen LogP contribution in [0.25, 0.3) is 0 Å².